The van der Waals surface area contributed by atoms with Gasteiger partial charge in [0.1, 0.15) is 0 Å². The van der Waals surface area contributed by atoms with E-state index in [2.05, 4.69) is 15.6 Å². The van der Waals surface area contributed by atoms with Gasteiger partial charge in [-0.25, -0.2) is 4.68 Å². The molecule has 0 aliphatic heterocycles. The molecule has 20 heavy (non-hydrogen) atoms. The van der Waals surface area contributed by atoms with Crippen molar-refractivity contribution in [2.24, 2.45) is 5.92 Å². The summed E-state index contributed by atoms with van der Waals surface area (Å²) in [4.78, 5) is 12.0. The third-order valence-electron chi connectivity index (χ3n) is 3.06. The topological polar surface area (TPSA) is 80.0 Å². The van der Waals surface area contributed by atoms with Gasteiger partial charge in [-0.2, -0.15) is 0 Å². The van der Waals surface area contributed by atoms with Crippen LogP contribution in [0.4, 0.5) is 0 Å². The molecule has 6 heteroatoms. The molecule has 1 aromatic carbocycles. The summed E-state index contributed by atoms with van der Waals surface area (Å²) < 4.78 is 1.54. The summed E-state index contributed by atoms with van der Waals surface area (Å²) >= 11 is 0. The van der Waals surface area contributed by atoms with Crippen molar-refractivity contribution in [1.29, 1.82) is 0 Å². The molecule has 1 amide bonds. The molecule has 1 atom stereocenters. The van der Waals surface area contributed by atoms with E-state index < -0.39 is 0 Å². The number of hydrogen-bond donors (Lipinski definition) is 2. The zero-order valence-corrected chi connectivity index (χ0v) is 11.5. The van der Waals surface area contributed by atoms with Gasteiger partial charge in [0.25, 0.3) is 5.91 Å². The van der Waals surface area contributed by atoms with Crippen LogP contribution in [0.3, 0.4) is 0 Å². The van der Waals surface area contributed by atoms with Crippen molar-refractivity contribution in [2.45, 2.75) is 19.9 Å². The minimum atomic E-state index is -0.333. The Labute approximate surface area is 117 Å². The largest absolute Gasteiger partial charge is 0.394 e. The van der Waals surface area contributed by atoms with Crippen molar-refractivity contribution in [3.05, 3.63) is 42.2 Å². The van der Waals surface area contributed by atoms with E-state index in [1.54, 1.807) is 6.20 Å². The second kappa shape index (κ2) is 6.29. The van der Waals surface area contributed by atoms with Crippen molar-refractivity contribution in [3.63, 3.8) is 0 Å². The Morgan fingerprint density at radius 3 is 2.65 bits per heavy atom. The summed E-state index contributed by atoms with van der Waals surface area (Å²) in [7, 11) is 0. The number of aromatic nitrogens is 3. The fraction of sp³-hybridized carbons (Fsp3) is 0.357. The van der Waals surface area contributed by atoms with Crippen LogP contribution in [0, 0.1) is 5.92 Å². The summed E-state index contributed by atoms with van der Waals surface area (Å²) in [6, 6.07) is 9.14. The number of hydrogen-bond acceptors (Lipinski definition) is 4. The normalized spacial score (nSPS) is 12.4. The maximum atomic E-state index is 12.0. The lowest BCUT2D eigenvalue weighted by Gasteiger charge is -2.18. The number of rotatable bonds is 5. The molecule has 0 saturated carbocycles. The Balaban J connectivity index is 2.11. The van der Waals surface area contributed by atoms with Gasteiger partial charge in [0.05, 0.1) is 24.5 Å². The molecule has 0 radical (unpaired) electrons. The predicted molar refractivity (Wildman–Crippen MR) is 74.5 cm³/mol. The summed E-state index contributed by atoms with van der Waals surface area (Å²) in [5.41, 5.74) is 1.06. The maximum absolute atomic E-state index is 12.0. The second-order valence-electron chi connectivity index (χ2n) is 4.89. The number of para-hydroxylation sites is 1. The van der Waals surface area contributed by atoms with E-state index in [4.69, 9.17) is 0 Å². The Morgan fingerprint density at radius 1 is 1.35 bits per heavy atom. The van der Waals surface area contributed by atoms with Crippen LogP contribution in [-0.2, 0) is 0 Å². The summed E-state index contributed by atoms with van der Waals surface area (Å²) in [5, 5.41) is 19.7. The molecule has 0 fully saturated rings. The van der Waals surface area contributed by atoms with Gasteiger partial charge in [-0.15, -0.1) is 5.10 Å². The van der Waals surface area contributed by atoms with E-state index in [0.29, 0.717) is 0 Å². The lowest BCUT2D eigenvalue weighted by molar-refractivity contribution is 0.0891. The molecular formula is C14H18N4O2. The molecular weight excluding hydrogens is 256 g/mol. The number of nitrogens with zero attached hydrogens (tertiary/aromatic N) is 3. The monoisotopic (exact) mass is 274 g/mol. The first-order valence-electron chi connectivity index (χ1n) is 6.51. The molecule has 1 aromatic heterocycles. The smallest absolute Gasteiger partial charge is 0.273 e. The lowest BCUT2D eigenvalue weighted by atomic mass is 10.1. The van der Waals surface area contributed by atoms with Crippen LogP contribution in [0.15, 0.2) is 36.5 Å². The Hall–Kier alpha value is -2.21. The van der Waals surface area contributed by atoms with Gasteiger partial charge in [0.2, 0.25) is 0 Å². The highest BCUT2D eigenvalue weighted by Crippen LogP contribution is 2.07. The SMILES string of the molecule is CC(C)C(CO)NC(=O)c1cn(-c2ccccc2)nn1. The molecule has 0 spiro atoms. The van der Waals surface area contributed by atoms with Gasteiger partial charge in [0.15, 0.2) is 5.69 Å². The fourth-order valence-electron chi connectivity index (χ4n) is 1.74. The van der Waals surface area contributed by atoms with Crippen molar-refractivity contribution in [2.75, 3.05) is 6.61 Å². The third-order valence-corrected chi connectivity index (χ3v) is 3.06. The van der Waals surface area contributed by atoms with E-state index >= 15 is 0 Å². The first-order valence-corrected chi connectivity index (χ1v) is 6.51. The Bertz CT molecular complexity index is 566. The van der Waals surface area contributed by atoms with E-state index in [0.717, 1.165) is 5.69 Å². The quantitative estimate of drug-likeness (QED) is 0.853. The van der Waals surface area contributed by atoms with Crippen LogP contribution in [0.5, 0.6) is 0 Å². The molecule has 6 nitrogen and oxygen atoms in total. The number of aliphatic hydroxyl groups excluding tert-OH is 1. The van der Waals surface area contributed by atoms with E-state index in [9.17, 15) is 9.90 Å². The van der Waals surface area contributed by atoms with Crippen LogP contribution >= 0.6 is 0 Å². The minimum Gasteiger partial charge on any atom is -0.394 e. The van der Waals surface area contributed by atoms with Gasteiger partial charge >= 0.3 is 0 Å². The molecule has 2 rings (SSSR count). The van der Waals surface area contributed by atoms with Crippen LogP contribution in [0.2, 0.25) is 0 Å². The van der Waals surface area contributed by atoms with E-state index in [1.807, 2.05) is 44.2 Å². The molecule has 2 N–H and O–H groups in total. The third kappa shape index (κ3) is 3.21. The highest BCUT2D eigenvalue weighted by Gasteiger charge is 2.18. The average Bonchev–Trinajstić information content (AvgIpc) is 2.95. The van der Waals surface area contributed by atoms with Gasteiger partial charge < -0.3 is 10.4 Å². The van der Waals surface area contributed by atoms with Crippen molar-refractivity contribution in [3.8, 4) is 5.69 Å². The van der Waals surface area contributed by atoms with Crippen LogP contribution in [0.25, 0.3) is 5.69 Å². The Morgan fingerprint density at radius 2 is 2.05 bits per heavy atom. The number of aliphatic hydroxyl groups is 1. The number of carbonyl (C=O) groups is 1. The molecule has 106 valence electrons. The number of amides is 1. The number of benzene rings is 1. The minimum absolute atomic E-state index is 0.101. The highest BCUT2D eigenvalue weighted by molar-refractivity contribution is 5.92. The highest BCUT2D eigenvalue weighted by atomic mass is 16.3. The van der Waals surface area contributed by atoms with E-state index in [-0.39, 0.29) is 30.2 Å². The number of carbonyl (C=O) groups excluding carboxylic acids is 1. The summed E-state index contributed by atoms with van der Waals surface area (Å²) in [5.74, 6) is -0.187. The lowest BCUT2D eigenvalue weighted by Crippen LogP contribution is -2.41. The molecule has 0 bridgehead atoms. The zero-order chi connectivity index (χ0) is 14.5. The first kappa shape index (κ1) is 14.2. The standard InChI is InChI=1S/C14H18N4O2/c1-10(2)13(9-19)15-14(20)12-8-18(17-16-12)11-6-4-3-5-7-11/h3-8,10,13,19H,9H2,1-2H3,(H,15,20). The molecule has 0 saturated heterocycles. The second-order valence-corrected chi connectivity index (χ2v) is 4.89. The molecule has 1 unspecified atom stereocenters. The van der Waals surface area contributed by atoms with Gasteiger partial charge in [0, 0.05) is 0 Å². The van der Waals surface area contributed by atoms with Gasteiger partial charge in [-0.05, 0) is 18.1 Å². The number of nitrogens with one attached hydrogen (secondary N) is 1. The van der Waals surface area contributed by atoms with Crippen LogP contribution in [-0.4, -0.2) is 38.7 Å². The van der Waals surface area contributed by atoms with Crippen LogP contribution in [0.1, 0.15) is 24.3 Å². The summed E-state index contributed by atoms with van der Waals surface area (Å²) in [6.07, 6.45) is 1.57. The van der Waals surface area contributed by atoms with Crippen LogP contribution < -0.4 is 5.32 Å². The molecule has 0 aliphatic carbocycles. The first-order chi connectivity index (χ1) is 9.61. The predicted octanol–water partition coefficient (Wildman–Crippen LogP) is 1.01. The molecule has 0 aliphatic rings. The van der Waals surface area contributed by atoms with Crippen molar-refractivity contribution in [1.82, 2.24) is 20.3 Å². The maximum Gasteiger partial charge on any atom is 0.273 e. The van der Waals surface area contributed by atoms with Gasteiger partial charge in [-0.3, -0.25) is 4.79 Å². The van der Waals surface area contributed by atoms with E-state index in [1.165, 1.54) is 4.68 Å². The summed E-state index contributed by atoms with van der Waals surface area (Å²) in [6.45, 7) is 3.76. The van der Waals surface area contributed by atoms with Crippen molar-refractivity contribution >= 4 is 5.91 Å². The average molecular weight is 274 g/mol. The van der Waals surface area contributed by atoms with Crippen molar-refractivity contribution < 1.29 is 9.90 Å². The zero-order valence-electron chi connectivity index (χ0n) is 11.5. The molecule has 1 heterocycles. The molecule has 2 aromatic rings. The Kier molecular flexibility index (Phi) is 4.47. The fourth-order valence-corrected chi connectivity index (χ4v) is 1.74. The van der Waals surface area contributed by atoms with Gasteiger partial charge in [-0.1, -0.05) is 37.3 Å².